The lowest BCUT2D eigenvalue weighted by Gasteiger charge is -1.98. The number of methoxy groups -OCH3 is 1. The van der Waals surface area contributed by atoms with Crippen molar-refractivity contribution in [3.05, 3.63) is 11.6 Å². The summed E-state index contributed by atoms with van der Waals surface area (Å²) in [6, 6.07) is 0. The van der Waals surface area contributed by atoms with Gasteiger partial charge < -0.3 is 9.72 Å². The zero-order valence-corrected chi connectivity index (χ0v) is 8.96. The monoisotopic (exact) mass is 214 g/mol. The summed E-state index contributed by atoms with van der Waals surface area (Å²) < 4.78 is 4.96. The molecule has 0 radical (unpaired) electrons. The SMILES string of the molecule is CC.COc1nc(Cl)nc2nc[nH]c12. The topological polar surface area (TPSA) is 63.7 Å². The van der Waals surface area contributed by atoms with Crippen molar-refractivity contribution in [3.8, 4) is 5.88 Å². The van der Waals surface area contributed by atoms with Gasteiger partial charge in [0.05, 0.1) is 13.4 Å². The van der Waals surface area contributed by atoms with E-state index in [1.54, 1.807) is 0 Å². The van der Waals surface area contributed by atoms with Crippen molar-refractivity contribution in [2.24, 2.45) is 0 Å². The van der Waals surface area contributed by atoms with Crippen LogP contribution in [-0.4, -0.2) is 27.0 Å². The van der Waals surface area contributed by atoms with Crippen LogP contribution in [0.25, 0.3) is 11.2 Å². The van der Waals surface area contributed by atoms with Gasteiger partial charge >= 0.3 is 0 Å². The van der Waals surface area contributed by atoms with Gasteiger partial charge in [0.2, 0.25) is 11.2 Å². The highest BCUT2D eigenvalue weighted by atomic mass is 35.5. The number of halogens is 1. The molecule has 2 rings (SSSR count). The molecule has 0 unspecified atom stereocenters. The predicted octanol–water partition coefficient (Wildman–Crippen LogP) is 2.04. The fourth-order valence-corrected chi connectivity index (χ4v) is 1.09. The number of imidazole rings is 1. The van der Waals surface area contributed by atoms with E-state index in [0.717, 1.165) is 0 Å². The Labute approximate surface area is 86.5 Å². The maximum Gasteiger partial charge on any atom is 0.244 e. The highest BCUT2D eigenvalue weighted by Gasteiger charge is 2.07. The number of fused-ring (bicyclic) bond motifs is 1. The van der Waals surface area contributed by atoms with E-state index in [9.17, 15) is 0 Å². The van der Waals surface area contributed by atoms with Gasteiger partial charge in [-0.25, -0.2) is 4.98 Å². The molecule has 76 valence electrons. The molecule has 0 saturated carbocycles. The average Bonchev–Trinajstić information content (AvgIpc) is 2.67. The molecule has 0 saturated heterocycles. The second-order valence-corrected chi connectivity index (χ2v) is 2.44. The molecule has 0 fully saturated rings. The van der Waals surface area contributed by atoms with E-state index in [1.807, 2.05) is 13.8 Å². The fourth-order valence-electron chi connectivity index (χ4n) is 0.929. The van der Waals surface area contributed by atoms with Gasteiger partial charge in [-0.3, -0.25) is 0 Å². The number of aromatic amines is 1. The lowest BCUT2D eigenvalue weighted by atomic mass is 10.5. The smallest absolute Gasteiger partial charge is 0.244 e. The highest BCUT2D eigenvalue weighted by molar-refractivity contribution is 6.28. The Kier molecular flexibility index (Phi) is 3.64. The van der Waals surface area contributed by atoms with Crippen molar-refractivity contribution in [1.29, 1.82) is 0 Å². The summed E-state index contributed by atoms with van der Waals surface area (Å²) >= 11 is 5.60. The Balaban J connectivity index is 0.000000461. The molecule has 0 aliphatic rings. The summed E-state index contributed by atoms with van der Waals surface area (Å²) in [5, 5.41) is 0.131. The van der Waals surface area contributed by atoms with Gasteiger partial charge in [-0.2, -0.15) is 9.97 Å². The van der Waals surface area contributed by atoms with Crippen molar-refractivity contribution in [2.45, 2.75) is 13.8 Å². The summed E-state index contributed by atoms with van der Waals surface area (Å²) in [6.07, 6.45) is 1.51. The number of H-pyrrole nitrogens is 1. The zero-order valence-electron chi connectivity index (χ0n) is 8.21. The number of hydrogen-bond donors (Lipinski definition) is 1. The van der Waals surface area contributed by atoms with E-state index in [1.165, 1.54) is 13.4 Å². The standard InChI is InChI=1S/C6H5ClN4O.C2H6/c1-12-5-3-4(9-2-8-3)10-6(7)11-5;1-2/h2H,1H3,(H,8,9,10,11);1-2H3. The van der Waals surface area contributed by atoms with Gasteiger partial charge in [0.1, 0.15) is 5.52 Å². The molecule has 2 aromatic rings. The molecular weight excluding hydrogens is 204 g/mol. The number of ether oxygens (including phenoxy) is 1. The first-order chi connectivity index (χ1) is 6.81. The first-order valence-electron chi connectivity index (χ1n) is 4.22. The number of aromatic nitrogens is 4. The number of hydrogen-bond acceptors (Lipinski definition) is 4. The maximum atomic E-state index is 5.60. The van der Waals surface area contributed by atoms with E-state index in [4.69, 9.17) is 16.3 Å². The van der Waals surface area contributed by atoms with E-state index in [2.05, 4.69) is 19.9 Å². The van der Waals surface area contributed by atoms with Crippen molar-refractivity contribution < 1.29 is 4.74 Å². The molecule has 0 aliphatic carbocycles. The van der Waals surface area contributed by atoms with E-state index < -0.39 is 0 Å². The molecule has 6 heteroatoms. The van der Waals surface area contributed by atoms with Crippen LogP contribution in [0.3, 0.4) is 0 Å². The minimum absolute atomic E-state index is 0.131. The van der Waals surface area contributed by atoms with Crippen molar-refractivity contribution in [3.63, 3.8) is 0 Å². The quantitative estimate of drug-likeness (QED) is 0.738. The minimum atomic E-state index is 0.131. The average molecular weight is 215 g/mol. The first kappa shape index (κ1) is 10.7. The lowest BCUT2D eigenvalue weighted by molar-refractivity contribution is 0.402. The number of rotatable bonds is 1. The van der Waals surface area contributed by atoms with Crippen molar-refractivity contribution in [1.82, 2.24) is 19.9 Å². The molecule has 2 heterocycles. The largest absolute Gasteiger partial charge is 0.479 e. The van der Waals surface area contributed by atoms with Crippen LogP contribution in [0.15, 0.2) is 6.33 Å². The summed E-state index contributed by atoms with van der Waals surface area (Å²) in [5.74, 6) is 0.405. The van der Waals surface area contributed by atoms with E-state index in [0.29, 0.717) is 17.0 Å². The molecule has 0 spiro atoms. The Hall–Kier alpha value is -1.36. The molecule has 5 nitrogen and oxygen atoms in total. The van der Waals surface area contributed by atoms with Crippen LogP contribution < -0.4 is 4.74 Å². The lowest BCUT2D eigenvalue weighted by Crippen LogP contribution is -1.91. The second-order valence-electron chi connectivity index (χ2n) is 2.10. The summed E-state index contributed by atoms with van der Waals surface area (Å²) in [5.41, 5.74) is 1.16. The molecule has 0 atom stereocenters. The first-order valence-corrected chi connectivity index (χ1v) is 4.59. The van der Waals surface area contributed by atoms with Crippen LogP contribution in [0.5, 0.6) is 5.88 Å². The Morgan fingerprint density at radius 3 is 2.71 bits per heavy atom. The third kappa shape index (κ3) is 1.93. The van der Waals surface area contributed by atoms with Crippen molar-refractivity contribution >= 4 is 22.8 Å². The predicted molar refractivity (Wildman–Crippen MR) is 54.6 cm³/mol. The van der Waals surface area contributed by atoms with Crippen LogP contribution in [0, 0.1) is 0 Å². The molecule has 0 bridgehead atoms. The summed E-state index contributed by atoms with van der Waals surface area (Å²) in [6.45, 7) is 4.00. The highest BCUT2D eigenvalue weighted by Crippen LogP contribution is 2.19. The van der Waals surface area contributed by atoms with Crippen LogP contribution >= 0.6 is 11.6 Å². The van der Waals surface area contributed by atoms with Gasteiger partial charge in [-0.05, 0) is 11.6 Å². The van der Waals surface area contributed by atoms with E-state index >= 15 is 0 Å². The fraction of sp³-hybridized carbons (Fsp3) is 0.375. The Morgan fingerprint density at radius 2 is 2.07 bits per heavy atom. The van der Waals surface area contributed by atoms with Gasteiger partial charge in [0, 0.05) is 0 Å². The van der Waals surface area contributed by atoms with E-state index in [-0.39, 0.29) is 5.28 Å². The molecule has 2 aromatic heterocycles. The van der Waals surface area contributed by atoms with Crippen molar-refractivity contribution in [2.75, 3.05) is 7.11 Å². The minimum Gasteiger partial charge on any atom is -0.479 e. The molecule has 0 aromatic carbocycles. The van der Waals surface area contributed by atoms with Crippen LogP contribution in [-0.2, 0) is 0 Å². The van der Waals surface area contributed by atoms with Crippen LogP contribution in [0.4, 0.5) is 0 Å². The summed E-state index contributed by atoms with van der Waals surface area (Å²) in [7, 11) is 1.51. The van der Waals surface area contributed by atoms with Gasteiger partial charge in [0.15, 0.2) is 5.65 Å². The number of nitrogens with zero attached hydrogens (tertiary/aromatic N) is 3. The third-order valence-corrected chi connectivity index (χ3v) is 1.59. The molecule has 0 amide bonds. The zero-order chi connectivity index (χ0) is 10.6. The second kappa shape index (κ2) is 4.76. The normalized spacial score (nSPS) is 9.43. The Morgan fingerprint density at radius 1 is 1.36 bits per heavy atom. The van der Waals surface area contributed by atoms with Gasteiger partial charge in [-0.1, -0.05) is 13.8 Å². The molecule has 0 aliphatic heterocycles. The van der Waals surface area contributed by atoms with Crippen LogP contribution in [0.1, 0.15) is 13.8 Å². The molecular formula is C8H11ClN4O. The molecule has 14 heavy (non-hydrogen) atoms. The van der Waals surface area contributed by atoms with Gasteiger partial charge in [-0.15, -0.1) is 0 Å². The van der Waals surface area contributed by atoms with Gasteiger partial charge in [0.25, 0.3) is 0 Å². The van der Waals surface area contributed by atoms with Crippen LogP contribution in [0.2, 0.25) is 5.28 Å². The Bertz CT molecular complexity index is 415. The number of nitrogens with one attached hydrogen (secondary N) is 1. The third-order valence-electron chi connectivity index (χ3n) is 1.42. The molecule has 1 N–H and O–H groups in total. The summed E-state index contributed by atoms with van der Waals surface area (Å²) in [4.78, 5) is 14.5. The maximum absolute atomic E-state index is 5.60.